The molecule has 3 aromatic rings. The van der Waals surface area contributed by atoms with E-state index in [-0.39, 0.29) is 5.56 Å². The number of thiazole rings is 1. The second-order valence-electron chi connectivity index (χ2n) is 4.08. The highest BCUT2D eigenvalue weighted by Gasteiger charge is 2.06. The van der Waals surface area contributed by atoms with Gasteiger partial charge >= 0.3 is 0 Å². The van der Waals surface area contributed by atoms with Crippen LogP contribution in [0.1, 0.15) is 5.69 Å². The van der Waals surface area contributed by atoms with E-state index in [1.807, 2.05) is 28.8 Å². The molecular formula is C12H10N4OS3. The molecule has 1 N–H and O–H groups in total. The Bertz CT molecular complexity index is 880. The fourth-order valence-corrected chi connectivity index (χ4v) is 3.97. The third-order valence-electron chi connectivity index (χ3n) is 2.74. The summed E-state index contributed by atoms with van der Waals surface area (Å²) >= 11 is 8.35. The first kappa shape index (κ1) is 13.5. The summed E-state index contributed by atoms with van der Waals surface area (Å²) in [6.45, 7) is 1.63. The van der Waals surface area contributed by atoms with Gasteiger partial charge in [0, 0.05) is 0 Å². The highest BCUT2D eigenvalue weighted by atomic mass is 32.2. The van der Waals surface area contributed by atoms with Crippen molar-refractivity contribution in [1.29, 1.82) is 0 Å². The number of nitrogens with zero attached hydrogens (tertiary/aromatic N) is 3. The molecule has 0 aliphatic carbocycles. The third-order valence-corrected chi connectivity index (χ3v) is 5.02. The molecule has 5 nitrogen and oxygen atoms in total. The van der Waals surface area contributed by atoms with Crippen LogP contribution >= 0.6 is 35.3 Å². The van der Waals surface area contributed by atoms with E-state index in [1.165, 1.54) is 11.8 Å². The number of aromatic amines is 1. The van der Waals surface area contributed by atoms with E-state index >= 15 is 0 Å². The smallest absolute Gasteiger partial charge is 0.273 e. The number of hydrogen-bond acceptors (Lipinski definition) is 6. The predicted molar refractivity (Wildman–Crippen MR) is 83.9 cm³/mol. The Balaban J connectivity index is 1.90. The van der Waals surface area contributed by atoms with Crippen LogP contribution in [0.2, 0.25) is 0 Å². The fourth-order valence-electron chi connectivity index (χ4n) is 1.71. The summed E-state index contributed by atoms with van der Waals surface area (Å²) < 4.78 is 3.99. The van der Waals surface area contributed by atoms with Gasteiger partial charge in [-0.1, -0.05) is 23.9 Å². The molecule has 20 heavy (non-hydrogen) atoms. The Morgan fingerprint density at radius 2 is 2.20 bits per heavy atom. The molecule has 0 spiro atoms. The van der Waals surface area contributed by atoms with Gasteiger partial charge in [-0.25, -0.2) is 0 Å². The van der Waals surface area contributed by atoms with Crippen molar-refractivity contribution in [3.8, 4) is 0 Å². The highest BCUT2D eigenvalue weighted by molar-refractivity contribution is 7.98. The number of thioether (sulfide) groups is 1. The van der Waals surface area contributed by atoms with Crippen LogP contribution in [0, 0.1) is 10.9 Å². The lowest BCUT2D eigenvalue weighted by Crippen LogP contribution is -2.14. The maximum absolute atomic E-state index is 11.5. The molecule has 2 aromatic heterocycles. The zero-order valence-corrected chi connectivity index (χ0v) is 12.9. The molecule has 0 radical (unpaired) electrons. The van der Waals surface area contributed by atoms with Crippen molar-refractivity contribution in [2.75, 3.05) is 0 Å². The van der Waals surface area contributed by atoms with Gasteiger partial charge in [0.25, 0.3) is 5.56 Å². The lowest BCUT2D eigenvalue weighted by molar-refractivity contribution is 0.784. The Morgan fingerprint density at radius 1 is 1.40 bits per heavy atom. The van der Waals surface area contributed by atoms with Crippen LogP contribution < -0.4 is 5.56 Å². The van der Waals surface area contributed by atoms with Gasteiger partial charge in [-0.15, -0.1) is 21.5 Å². The van der Waals surface area contributed by atoms with Crippen LogP contribution in [0.5, 0.6) is 0 Å². The molecule has 1 aromatic carbocycles. The standard InChI is InChI=1S/C12H10N4OS3/c1-7-10(17)13-11(15-14-7)19-6-16-8-4-2-3-5-9(8)20-12(16)18/h2-5H,6H2,1H3,(H,13,15,17). The topological polar surface area (TPSA) is 63.6 Å². The number of nitrogens with one attached hydrogen (secondary N) is 1. The molecule has 2 heterocycles. The Labute approximate surface area is 127 Å². The van der Waals surface area contributed by atoms with Crippen molar-refractivity contribution in [3.63, 3.8) is 0 Å². The number of para-hydroxylation sites is 1. The monoisotopic (exact) mass is 322 g/mol. The zero-order chi connectivity index (χ0) is 14.1. The largest absolute Gasteiger partial charge is 0.313 e. The van der Waals surface area contributed by atoms with E-state index in [1.54, 1.807) is 18.3 Å². The minimum atomic E-state index is -0.207. The second-order valence-corrected chi connectivity index (χ2v) is 6.69. The summed E-state index contributed by atoms with van der Waals surface area (Å²) in [4.78, 5) is 14.2. The summed E-state index contributed by atoms with van der Waals surface area (Å²) in [5.41, 5.74) is 1.26. The molecule has 0 atom stereocenters. The third kappa shape index (κ3) is 2.54. The lowest BCUT2D eigenvalue weighted by Gasteiger charge is -2.03. The number of rotatable bonds is 3. The first-order valence-electron chi connectivity index (χ1n) is 5.80. The fraction of sp³-hybridized carbons (Fsp3) is 0.167. The maximum Gasteiger partial charge on any atom is 0.273 e. The molecule has 8 heteroatoms. The molecule has 0 amide bonds. The molecule has 0 saturated heterocycles. The number of aromatic nitrogens is 4. The maximum atomic E-state index is 11.5. The quantitative estimate of drug-likeness (QED) is 0.593. The van der Waals surface area contributed by atoms with Crippen molar-refractivity contribution in [3.05, 3.63) is 44.3 Å². The summed E-state index contributed by atoms with van der Waals surface area (Å²) in [6, 6.07) is 8.06. The molecule has 0 saturated carbocycles. The number of H-pyrrole nitrogens is 1. The van der Waals surface area contributed by atoms with Crippen LogP contribution in [0.3, 0.4) is 0 Å². The van der Waals surface area contributed by atoms with Gasteiger partial charge < -0.3 is 4.57 Å². The van der Waals surface area contributed by atoms with E-state index in [2.05, 4.69) is 15.2 Å². The minimum absolute atomic E-state index is 0.207. The normalized spacial score (nSPS) is 11.1. The molecule has 0 aliphatic rings. The van der Waals surface area contributed by atoms with Gasteiger partial charge in [-0.3, -0.25) is 9.78 Å². The minimum Gasteiger partial charge on any atom is -0.313 e. The van der Waals surface area contributed by atoms with Crippen LogP contribution in [0.15, 0.2) is 34.2 Å². The van der Waals surface area contributed by atoms with E-state index in [0.29, 0.717) is 16.7 Å². The Hall–Kier alpha value is -1.51. The molecule has 0 aliphatic heterocycles. The number of benzene rings is 1. The summed E-state index contributed by atoms with van der Waals surface area (Å²) in [5, 5.41) is 8.28. The van der Waals surface area contributed by atoms with E-state index in [0.717, 1.165) is 14.2 Å². The zero-order valence-electron chi connectivity index (χ0n) is 10.5. The average molecular weight is 322 g/mol. The van der Waals surface area contributed by atoms with E-state index in [9.17, 15) is 4.79 Å². The first-order valence-corrected chi connectivity index (χ1v) is 8.01. The molecular weight excluding hydrogens is 312 g/mol. The number of aryl methyl sites for hydroxylation is 1. The van der Waals surface area contributed by atoms with Gasteiger partial charge in [0.05, 0.1) is 16.1 Å². The molecule has 0 bridgehead atoms. The van der Waals surface area contributed by atoms with Gasteiger partial charge in [0.1, 0.15) is 5.69 Å². The average Bonchev–Trinajstić information content (AvgIpc) is 2.76. The molecule has 3 rings (SSSR count). The van der Waals surface area contributed by atoms with Crippen LogP contribution in [-0.4, -0.2) is 19.7 Å². The van der Waals surface area contributed by atoms with E-state index in [4.69, 9.17) is 12.2 Å². The molecule has 0 unspecified atom stereocenters. The first-order chi connectivity index (χ1) is 9.65. The van der Waals surface area contributed by atoms with Crippen molar-refractivity contribution in [2.45, 2.75) is 18.0 Å². The Morgan fingerprint density at radius 3 is 3.00 bits per heavy atom. The van der Waals surface area contributed by atoms with Crippen molar-refractivity contribution >= 4 is 45.5 Å². The highest BCUT2D eigenvalue weighted by Crippen LogP contribution is 2.25. The molecule has 0 fully saturated rings. The van der Waals surface area contributed by atoms with Gasteiger partial charge in [0.15, 0.2) is 9.11 Å². The Kier molecular flexibility index (Phi) is 3.68. The van der Waals surface area contributed by atoms with Gasteiger partial charge in [-0.05, 0) is 31.3 Å². The van der Waals surface area contributed by atoms with Crippen molar-refractivity contribution in [1.82, 2.24) is 19.7 Å². The SMILES string of the molecule is Cc1nnc(SCn2c(=S)sc3ccccc32)[nH]c1=O. The van der Waals surface area contributed by atoms with Crippen LogP contribution in [-0.2, 0) is 5.88 Å². The number of hydrogen-bond donors (Lipinski definition) is 1. The predicted octanol–water partition coefficient (Wildman–Crippen LogP) is 2.97. The summed E-state index contributed by atoms with van der Waals surface area (Å²) in [7, 11) is 0. The van der Waals surface area contributed by atoms with Crippen molar-refractivity contribution < 1.29 is 0 Å². The summed E-state index contributed by atoms with van der Waals surface area (Å²) in [5.74, 6) is 0.594. The second kappa shape index (κ2) is 5.47. The van der Waals surface area contributed by atoms with Gasteiger partial charge in [0.2, 0.25) is 0 Å². The van der Waals surface area contributed by atoms with Crippen LogP contribution in [0.25, 0.3) is 10.2 Å². The van der Waals surface area contributed by atoms with E-state index < -0.39 is 0 Å². The van der Waals surface area contributed by atoms with Gasteiger partial charge in [-0.2, -0.15) is 0 Å². The molecule has 102 valence electrons. The lowest BCUT2D eigenvalue weighted by atomic mass is 10.3. The number of fused-ring (bicyclic) bond motifs is 1. The summed E-state index contributed by atoms with van der Waals surface area (Å²) in [6.07, 6.45) is 0. The van der Waals surface area contributed by atoms with Crippen molar-refractivity contribution in [2.24, 2.45) is 0 Å². The van der Waals surface area contributed by atoms with Crippen LogP contribution in [0.4, 0.5) is 0 Å².